The molecule has 5 radical (unpaired) electrons. The fourth-order valence-electron chi connectivity index (χ4n) is 1.06. The predicted octanol–water partition coefficient (Wildman–Crippen LogP) is 1.76. The number of hydrogen-bond acceptors (Lipinski definition) is 1. The first-order valence-corrected chi connectivity index (χ1v) is 4.03. The first kappa shape index (κ1) is 9.32. The highest BCUT2D eigenvalue weighted by molar-refractivity contribution is 5.97. The molecule has 0 aromatic heterocycles. The Morgan fingerprint density at radius 3 is 2.67 bits per heavy atom. The van der Waals surface area contributed by atoms with Gasteiger partial charge in [-0.3, -0.25) is 4.79 Å². The van der Waals surface area contributed by atoms with Crippen molar-refractivity contribution in [2.75, 3.05) is 0 Å². The average molecular weight is 159 g/mol. The Balaban J connectivity index is 2.15. The summed E-state index contributed by atoms with van der Waals surface area (Å²) in [6.45, 7) is 0. The molecule has 0 bridgehead atoms. The number of ketones is 1. The molecule has 0 N–H and O–H groups in total. The number of carbonyl (C=O) groups is 1. The third kappa shape index (κ3) is 2.70. The van der Waals surface area contributed by atoms with Crippen LogP contribution in [0.4, 0.5) is 0 Å². The molecule has 0 amide bonds. The van der Waals surface area contributed by atoms with Crippen LogP contribution in [0.25, 0.3) is 0 Å². The number of unbranched alkanes of at least 4 members (excludes halogenated alkanes) is 1. The van der Waals surface area contributed by atoms with E-state index in [1.54, 1.807) is 0 Å². The first-order chi connectivity index (χ1) is 5.84. The number of rotatable bonds is 4. The van der Waals surface area contributed by atoms with Crippen molar-refractivity contribution < 1.29 is 4.79 Å². The highest BCUT2D eigenvalue weighted by Crippen LogP contribution is 2.25. The molecular formula is C11H11O. The van der Waals surface area contributed by atoms with Crippen LogP contribution >= 0.6 is 0 Å². The van der Waals surface area contributed by atoms with Gasteiger partial charge in [-0.1, -0.05) is 0 Å². The van der Waals surface area contributed by atoms with Gasteiger partial charge in [-0.15, -0.1) is 12.3 Å². The van der Waals surface area contributed by atoms with Crippen molar-refractivity contribution in [2.45, 2.75) is 19.3 Å². The van der Waals surface area contributed by atoms with Crippen LogP contribution in [0.1, 0.15) is 19.3 Å². The number of carbonyl (C=O) groups excluding carboxylic acids is 1. The zero-order valence-electron chi connectivity index (χ0n) is 6.92. The molecule has 0 heterocycles. The van der Waals surface area contributed by atoms with Crippen molar-refractivity contribution in [1.82, 2.24) is 0 Å². The van der Waals surface area contributed by atoms with Crippen LogP contribution in [0.5, 0.6) is 0 Å². The van der Waals surface area contributed by atoms with E-state index in [4.69, 9.17) is 6.42 Å². The largest absolute Gasteiger partial charge is 0.299 e. The lowest BCUT2D eigenvalue weighted by atomic mass is 9.98. The summed E-state index contributed by atoms with van der Waals surface area (Å²) in [6, 6.07) is 0. The lowest BCUT2D eigenvalue weighted by Gasteiger charge is -2.04. The molecule has 0 aliphatic heterocycles. The highest BCUT2D eigenvalue weighted by atomic mass is 16.1. The van der Waals surface area contributed by atoms with Crippen LogP contribution in [-0.2, 0) is 4.79 Å². The van der Waals surface area contributed by atoms with Gasteiger partial charge in [0.15, 0.2) is 0 Å². The van der Waals surface area contributed by atoms with Crippen LogP contribution in [0, 0.1) is 43.9 Å². The topological polar surface area (TPSA) is 17.1 Å². The molecular weight excluding hydrogens is 148 g/mol. The van der Waals surface area contributed by atoms with Crippen LogP contribution in [-0.4, -0.2) is 5.78 Å². The molecule has 0 unspecified atom stereocenters. The third-order valence-electron chi connectivity index (χ3n) is 1.71. The normalized spacial score (nSPS) is 17.6. The molecule has 1 heteroatoms. The third-order valence-corrected chi connectivity index (χ3v) is 1.71. The van der Waals surface area contributed by atoms with Gasteiger partial charge in [0.05, 0.1) is 0 Å². The summed E-state index contributed by atoms with van der Waals surface area (Å²) in [5, 5.41) is 0. The van der Waals surface area contributed by atoms with Gasteiger partial charge in [-0.05, 0) is 32.1 Å². The van der Waals surface area contributed by atoms with Gasteiger partial charge in [0.2, 0.25) is 0 Å². The maximum absolute atomic E-state index is 11.3. The molecule has 0 aromatic carbocycles. The molecule has 1 aliphatic rings. The molecule has 12 heavy (non-hydrogen) atoms. The van der Waals surface area contributed by atoms with E-state index in [1.807, 2.05) is 25.7 Å². The fourth-order valence-corrected chi connectivity index (χ4v) is 1.06. The van der Waals surface area contributed by atoms with Gasteiger partial charge >= 0.3 is 0 Å². The van der Waals surface area contributed by atoms with E-state index in [0.29, 0.717) is 12.8 Å². The van der Waals surface area contributed by atoms with Crippen LogP contribution < -0.4 is 0 Å². The summed E-state index contributed by atoms with van der Waals surface area (Å²) in [5.41, 5.74) is 0. The lowest BCUT2D eigenvalue weighted by Crippen LogP contribution is -2.08. The van der Waals surface area contributed by atoms with Gasteiger partial charge < -0.3 is 0 Å². The van der Waals surface area contributed by atoms with Gasteiger partial charge in [0, 0.05) is 18.8 Å². The van der Waals surface area contributed by atoms with E-state index in [-0.39, 0.29) is 5.78 Å². The maximum atomic E-state index is 11.3. The minimum Gasteiger partial charge on any atom is -0.299 e. The Morgan fingerprint density at radius 2 is 2.08 bits per heavy atom. The standard InChI is InChI=1S/C11H11O/c1-2-3-4-9-11(12)10-7-5-6-8-10/h1,5-8H,3-4,9H2. The number of Topliss-reactive ketones (excluding diaryl/α,β-unsaturated/α-hetero) is 1. The molecule has 0 spiro atoms. The minimum atomic E-state index is 0.190. The summed E-state index contributed by atoms with van der Waals surface area (Å²) < 4.78 is 0. The second-order valence-corrected chi connectivity index (χ2v) is 2.65. The van der Waals surface area contributed by atoms with E-state index >= 15 is 0 Å². The summed E-state index contributed by atoms with van der Waals surface area (Å²) in [5.74, 6) is 3.50. The molecule has 1 fully saturated rings. The molecule has 0 aromatic rings. The summed E-state index contributed by atoms with van der Waals surface area (Å²) in [6.07, 6.45) is 14.5. The Hall–Kier alpha value is -0.770. The monoisotopic (exact) mass is 159 g/mol. The molecule has 0 atom stereocenters. The highest BCUT2D eigenvalue weighted by Gasteiger charge is 2.23. The summed E-state index contributed by atoms with van der Waals surface area (Å²) >= 11 is 0. The zero-order chi connectivity index (χ0) is 8.81. The Labute approximate surface area is 74.5 Å². The number of terminal acetylenes is 1. The van der Waals surface area contributed by atoms with Crippen molar-refractivity contribution in [3.63, 3.8) is 0 Å². The summed E-state index contributed by atoms with van der Waals surface area (Å²) in [7, 11) is 0. The molecule has 1 saturated carbocycles. The van der Waals surface area contributed by atoms with Crippen molar-refractivity contribution in [3.8, 4) is 12.3 Å². The number of hydrogen-bond donors (Lipinski definition) is 0. The first-order valence-electron chi connectivity index (χ1n) is 4.03. The Kier molecular flexibility index (Phi) is 3.87. The fraction of sp³-hybridized carbons (Fsp3) is 0.273. The van der Waals surface area contributed by atoms with Crippen molar-refractivity contribution in [3.05, 3.63) is 31.6 Å². The molecule has 61 valence electrons. The Bertz CT molecular complexity index is 182. The van der Waals surface area contributed by atoms with Crippen LogP contribution in [0.3, 0.4) is 0 Å². The van der Waals surface area contributed by atoms with Crippen molar-refractivity contribution >= 4 is 5.78 Å². The van der Waals surface area contributed by atoms with Crippen LogP contribution in [0.15, 0.2) is 0 Å². The molecule has 1 aliphatic carbocycles. The minimum absolute atomic E-state index is 0.190. The second kappa shape index (κ2) is 4.98. The second-order valence-electron chi connectivity index (χ2n) is 2.65. The lowest BCUT2D eigenvalue weighted by molar-refractivity contribution is -0.116. The van der Waals surface area contributed by atoms with Crippen LogP contribution in [0.2, 0.25) is 0 Å². The molecule has 1 rings (SSSR count). The molecule has 1 nitrogen and oxygen atoms in total. The molecule has 0 saturated heterocycles. The zero-order valence-corrected chi connectivity index (χ0v) is 6.92. The van der Waals surface area contributed by atoms with E-state index in [1.165, 1.54) is 0 Å². The van der Waals surface area contributed by atoms with Gasteiger partial charge in [0.25, 0.3) is 0 Å². The summed E-state index contributed by atoms with van der Waals surface area (Å²) in [4.78, 5) is 11.3. The van der Waals surface area contributed by atoms with E-state index < -0.39 is 0 Å². The SMILES string of the molecule is C#CCCCC(=O)[C]1[CH][CH][CH][CH]1. The maximum Gasteiger partial charge on any atom is 0.140 e. The van der Waals surface area contributed by atoms with Gasteiger partial charge in [-0.2, -0.15) is 0 Å². The average Bonchev–Trinajstić information content (AvgIpc) is 2.56. The smallest absolute Gasteiger partial charge is 0.140 e. The van der Waals surface area contributed by atoms with E-state index in [9.17, 15) is 4.79 Å². The van der Waals surface area contributed by atoms with Crippen molar-refractivity contribution in [1.29, 1.82) is 0 Å². The van der Waals surface area contributed by atoms with E-state index in [2.05, 4.69) is 5.92 Å². The predicted molar refractivity (Wildman–Crippen MR) is 48.1 cm³/mol. The van der Waals surface area contributed by atoms with E-state index in [0.717, 1.165) is 12.3 Å². The van der Waals surface area contributed by atoms with Gasteiger partial charge in [0.1, 0.15) is 5.78 Å². The quantitative estimate of drug-likeness (QED) is 0.451. The Morgan fingerprint density at radius 1 is 1.42 bits per heavy atom. The van der Waals surface area contributed by atoms with Crippen molar-refractivity contribution in [2.24, 2.45) is 0 Å². The van der Waals surface area contributed by atoms with Gasteiger partial charge in [-0.25, -0.2) is 0 Å².